The SMILES string of the molecule is Cc1noc(-c2ccc(CSc3nnc(SCc4ccc(-c5nc(C)no5)cc4)s3)cc2)n1. The maximum absolute atomic E-state index is 5.21. The summed E-state index contributed by atoms with van der Waals surface area (Å²) in [6.45, 7) is 3.61. The standard InChI is InChI=1S/C22H18N6O2S3/c1-13-23-19(29-27-13)17-7-3-15(4-8-17)11-31-21-25-26-22(33-21)32-12-16-5-9-18(10-6-16)20-24-14(2)28-30-20/h3-10H,11-12H2,1-2H3. The molecule has 8 nitrogen and oxygen atoms in total. The predicted octanol–water partition coefficient (Wildman–Crippen LogP) is 5.84. The van der Waals surface area contributed by atoms with E-state index in [1.807, 2.05) is 24.3 Å². The first-order valence-electron chi connectivity index (χ1n) is 10.0. The molecule has 3 heterocycles. The molecule has 0 radical (unpaired) electrons. The lowest BCUT2D eigenvalue weighted by molar-refractivity contribution is 0.425. The van der Waals surface area contributed by atoms with Crippen molar-refractivity contribution >= 4 is 34.9 Å². The number of aryl methyl sites for hydroxylation is 2. The lowest BCUT2D eigenvalue weighted by atomic mass is 10.1. The van der Waals surface area contributed by atoms with Gasteiger partial charge in [0.2, 0.25) is 0 Å². The molecule has 33 heavy (non-hydrogen) atoms. The Morgan fingerprint density at radius 3 is 1.45 bits per heavy atom. The third kappa shape index (κ3) is 5.49. The summed E-state index contributed by atoms with van der Waals surface area (Å²) in [5.41, 5.74) is 4.22. The molecule has 0 unspecified atom stereocenters. The Kier molecular flexibility index (Phi) is 6.51. The molecule has 5 aromatic rings. The van der Waals surface area contributed by atoms with Crippen LogP contribution in [0, 0.1) is 13.8 Å². The fourth-order valence-electron chi connectivity index (χ4n) is 2.92. The van der Waals surface area contributed by atoms with Crippen LogP contribution < -0.4 is 0 Å². The molecule has 5 rings (SSSR count). The molecule has 0 amide bonds. The molecule has 11 heteroatoms. The Balaban J connectivity index is 1.12. The van der Waals surface area contributed by atoms with Gasteiger partial charge in [-0.3, -0.25) is 0 Å². The van der Waals surface area contributed by atoms with E-state index in [1.165, 1.54) is 11.1 Å². The molecule has 0 bridgehead atoms. The van der Waals surface area contributed by atoms with Crippen LogP contribution in [0.3, 0.4) is 0 Å². The largest absolute Gasteiger partial charge is 0.334 e. The van der Waals surface area contributed by atoms with Crippen LogP contribution in [-0.4, -0.2) is 30.5 Å². The van der Waals surface area contributed by atoms with Gasteiger partial charge in [-0.2, -0.15) is 9.97 Å². The van der Waals surface area contributed by atoms with E-state index in [0.29, 0.717) is 23.4 Å². The Morgan fingerprint density at radius 2 is 1.09 bits per heavy atom. The van der Waals surface area contributed by atoms with Gasteiger partial charge >= 0.3 is 0 Å². The number of benzene rings is 2. The lowest BCUT2D eigenvalue weighted by Gasteiger charge is -2.00. The summed E-state index contributed by atoms with van der Waals surface area (Å²) in [6, 6.07) is 16.2. The van der Waals surface area contributed by atoms with Crippen molar-refractivity contribution < 1.29 is 9.05 Å². The Hall–Kier alpha value is -3.02. The molecule has 0 aliphatic carbocycles. The van der Waals surface area contributed by atoms with Crippen molar-refractivity contribution in [2.24, 2.45) is 0 Å². The summed E-state index contributed by atoms with van der Waals surface area (Å²) < 4.78 is 12.3. The number of nitrogens with zero attached hydrogens (tertiary/aromatic N) is 6. The van der Waals surface area contributed by atoms with E-state index < -0.39 is 0 Å². The number of hydrogen-bond acceptors (Lipinski definition) is 11. The third-order valence-electron chi connectivity index (χ3n) is 4.57. The van der Waals surface area contributed by atoms with E-state index in [1.54, 1.807) is 48.7 Å². The van der Waals surface area contributed by atoms with Gasteiger partial charge < -0.3 is 9.05 Å². The molecule has 0 aliphatic rings. The zero-order valence-electron chi connectivity index (χ0n) is 17.8. The van der Waals surface area contributed by atoms with Crippen LogP contribution >= 0.6 is 34.9 Å². The molecule has 166 valence electrons. The minimum absolute atomic E-state index is 0.539. The molecule has 2 aromatic carbocycles. The van der Waals surface area contributed by atoms with Gasteiger partial charge in [0.15, 0.2) is 20.3 Å². The molecule has 0 fully saturated rings. The molecule has 0 N–H and O–H groups in total. The second-order valence-electron chi connectivity index (χ2n) is 7.10. The summed E-state index contributed by atoms with van der Waals surface area (Å²) in [7, 11) is 0. The Bertz CT molecular complexity index is 1240. The highest BCUT2D eigenvalue weighted by molar-refractivity contribution is 8.02. The zero-order chi connectivity index (χ0) is 22.6. The Labute approximate surface area is 202 Å². The molecule has 0 aliphatic heterocycles. The Morgan fingerprint density at radius 1 is 0.667 bits per heavy atom. The molecule has 0 saturated carbocycles. The van der Waals surface area contributed by atoms with Crippen molar-refractivity contribution in [3.8, 4) is 22.9 Å². The average molecular weight is 495 g/mol. The van der Waals surface area contributed by atoms with Crippen molar-refractivity contribution in [1.29, 1.82) is 0 Å². The topological polar surface area (TPSA) is 104 Å². The first-order chi connectivity index (χ1) is 16.1. The molecule has 3 aromatic heterocycles. The average Bonchev–Trinajstić information content (AvgIpc) is 3.58. The van der Waals surface area contributed by atoms with Gasteiger partial charge in [-0.05, 0) is 49.2 Å². The highest BCUT2D eigenvalue weighted by atomic mass is 32.2. The third-order valence-corrected chi connectivity index (χ3v) is 7.90. The normalized spacial score (nSPS) is 11.2. The quantitative estimate of drug-likeness (QED) is 0.244. The van der Waals surface area contributed by atoms with Crippen molar-refractivity contribution in [3.63, 3.8) is 0 Å². The molecule has 0 saturated heterocycles. The summed E-state index contributed by atoms with van der Waals surface area (Å²) in [5, 5.41) is 16.3. The number of rotatable bonds is 8. The van der Waals surface area contributed by atoms with Crippen molar-refractivity contribution in [2.45, 2.75) is 34.0 Å². The number of aromatic nitrogens is 6. The van der Waals surface area contributed by atoms with Crippen LogP contribution in [0.5, 0.6) is 0 Å². The van der Waals surface area contributed by atoms with Gasteiger partial charge in [0.1, 0.15) is 0 Å². The van der Waals surface area contributed by atoms with E-state index in [0.717, 1.165) is 31.3 Å². The van der Waals surface area contributed by atoms with Crippen LogP contribution in [0.4, 0.5) is 0 Å². The first kappa shape index (κ1) is 21.8. The second kappa shape index (κ2) is 9.86. The van der Waals surface area contributed by atoms with E-state index in [2.05, 4.69) is 54.7 Å². The number of thioether (sulfide) groups is 2. The summed E-state index contributed by atoms with van der Waals surface area (Å²) in [5.74, 6) is 3.97. The minimum atomic E-state index is 0.539. The van der Waals surface area contributed by atoms with E-state index >= 15 is 0 Å². The van der Waals surface area contributed by atoms with Crippen molar-refractivity contribution in [2.75, 3.05) is 0 Å². The highest BCUT2D eigenvalue weighted by Crippen LogP contribution is 2.33. The van der Waals surface area contributed by atoms with Gasteiger partial charge in [-0.1, -0.05) is 69.4 Å². The van der Waals surface area contributed by atoms with E-state index in [-0.39, 0.29) is 0 Å². The van der Waals surface area contributed by atoms with Crippen molar-refractivity contribution in [3.05, 3.63) is 71.3 Å². The fourth-order valence-corrected chi connectivity index (χ4v) is 5.85. The minimum Gasteiger partial charge on any atom is -0.334 e. The first-order valence-corrected chi connectivity index (χ1v) is 12.8. The molecular formula is C22H18N6O2S3. The smallest absolute Gasteiger partial charge is 0.257 e. The van der Waals surface area contributed by atoms with Crippen LogP contribution in [-0.2, 0) is 11.5 Å². The summed E-state index contributed by atoms with van der Waals surface area (Å²) in [4.78, 5) is 8.51. The predicted molar refractivity (Wildman–Crippen MR) is 128 cm³/mol. The molecule has 0 atom stereocenters. The molecule has 0 spiro atoms. The molecular weight excluding hydrogens is 476 g/mol. The van der Waals surface area contributed by atoms with E-state index in [9.17, 15) is 0 Å². The van der Waals surface area contributed by atoms with Gasteiger partial charge in [0, 0.05) is 22.6 Å². The monoisotopic (exact) mass is 494 g/mol. The van der Waals surface area contributed by atoms with Crippen molar-refractivity contribution in [1.82, 2.24) is 30.5 Å². The van der Waals surface area contributed by atoms with Gasteiger partial charge in [-0.15, -0.1) is 10.2 Å². The zero-order valence-corrected chi connectivity index (χ0v) is 20.2. The van der Waals surface area contributed by atoms with Crippen LogP contribution in [0.25, 0.3) is 22.9 Å². The summed E-state index contributed by atoms with van der Waals surface area (Å²) in [6.07, 6.45) is 0. The lowest BCUT2D eigenvalue weighted by Crippen LogP contribution is -1.83. The fraction of sp³-hybridized carbons (Fsp3) is 0.182. The van der Waals surface area contributed by atoms with Gasteiger partial charge in [-0.25, -0.2) is 0 Å². The van der Waals surface area contributed by atoms with Crippen LogP contribution in [0.1, 0.15) is 22.8 Å². The second-order valence-corrected chi connectivity index (χ2v) is 10.5. The van der Waals surface area contributed by atoms with Crippen LogP contribution in [0.15, 0.2) is 66.3 Å². The summed E-state index contributed by atoms with van der Waals surface area (Å²) >= 11 is 4.97. The maximum Gasteiger partial charge on any atom is 0.257 e. The number of hydrogen-bond donors (Lipinski definition) is 0. The highest BCUT2D eigenvalue weighted by Gasteiger charge is 2.10. The van der Waals surface area contributed by atoms with E-state index in [4.69, 9.17) is 9.05 Å². The van der Waals surface area contributed by atoms with Crippen LogP contribution in [0.2, 0.25) is 0 Å². The van der Waals surface area contributed by atoms with Gasteiger partial charge in [0.25, 0.3) is 11.8 Å². The van der Waals surface area contributed by atoms with Gasteiger partial charge in [0.05, 0.1) is 0 Å². The maximum atomic E-state index is 5.21.